The largest absolute Gasteiger partial charge is 0.394 e. The second kappa shape index (κ2) is 6.13. The first-order valence-corrected chi connectivity index (χ1v) is 4.56. The molecular formula is C10H14N2O3. The molecule has 0 radical (unpaired) electrons. The third-order valence-electron chi connectivity index (χ3n) is 1.79. The van der Waals surface area contributed by atoms with Crippen LogP contribution in [0.2, 0.25) is 0 Å². The minimum atomic E-state index is -0.944. The second-order valence-corrected chi connectivity index (χ2v) is 3.03. The summed E-state index contributed by atoms with van der Waals surface area (Å²) in [6, 6.07) is 8.45. The predicted octanol–water partition coefficient (Wildman–Crippen LogP) is -0.446. The number of nitrogens with two attached hydrogens (primary N) is 1. The Bertz CT molecular complexity index is 303. The van der Waals surface area contributed by atoms with Crippen molar-refractivity contribution in [2.24, 2.45) is 5.73 Å². The molecule has 1 atom stereocenters. The van der Waals surface area contributed by atoms with E-state index in [1.807, 2.05) is 30.3 Å². The predicted molar refractivity (Wildman–Crippen MR) is 54.4 cm³/mol. The number of nitrogens with one attached hydrogen (secondary N) is 1. The van der Waals surface area contributed by atoms with Crippen molar-refractivity contribution in [1.29, 1.82) is 0 Å². The summed E-state index contributed by atoms with van der Waals surface area (Å²) in [6.45, 7) is -0.134. The van der Waals surface area contributed by atoms with Gasteiger partial charge in [0.2, 0.25) is 0 Å². The lowest BCUT2D eigenvalue weighted by molar-refractivity contribution is -0.136. The van der Waals surface area contributed by atoms with Crippen LogP contribution in [0.15, 0.2) is 30.3 Å². The lowest BCUT2D eigenvalue weighted by atomic mass is 10.2. The second-order valence-electron chi connectivity index (χ2n) is 3.03. The van der Waals surface area contributed by atoms with E-state index in [4.69, 9.17) is 15.7 Å². The maximum absolute atomic E-state index is 11.0. The summed E-state index contributed by atoms with van der Waals surface area (Å²) in [6.07, 6.45) is 0. The van der Waals surface area contributed by atoms with Gasteiger partial charge in [0.05, 0.1) is 13.2 Å². The monoisotopic (exact) mass is 210 g/mol. The molecule has 0 aliphatic rings. The zero-order chi connectivity index (χ0) is 11.1. The van der Waals surface area contributed by atoms with Crippen LogP contribution in [-0.2, 0) is 16.2 Å². The summed E-state index contributed by atoms with van der Waals surface area (Å²) in [5.41, 5.74) is 8.35. The topological polar surface area (TPSA) is 84.6 Å². The number of amides is 1. The molecule has 0 spiro atoms. The van der Waals surface area contributed by atoms with Gasteiger partial charge in [-0.25, -0.2) is 5.48 Å². The fraction of sp³-hybridized carbons (Fsp3) is 0.300. The molecule has 15 heavy (non-hydrogen) atoms. The molecule has 0 fully saturated rings. The van der Waals surface area contributed by atoms with Gasteiger partial charge in [0, 0.05) is 0 Å². The number of benzene rings is 1. The van der Waals surface area contributed by atoms with E-state index < -0.39 is 18.6 Å². The smallest absolute Gasteiger partial charge is 0.262 e. The van der Waals surface area contributed by atoms with Crippen LogP contribution < -0.4 is 11.2 Å². The SMILES string of the molecule is N[C@@H](CO)C(=O)NOCc1ccccc1. The number of hydrogen-bond acceptors (Lipinski definition) is 4. The van der Waals surface area contributed by atoms with Gasteiger partial charge in [0.1, 0.15) is 6.04 Å². The minimum Gasteiger partial charge on any atom is -0.394 e. The number of rotatable bonds is 5. The molecule has 1 aromatic rings. The van der Waals surface area contributed by atoms with Crippen molar-refractivity contribution in [2.45, 2.75) is 12.6 Å². The molecule has 5 heteroatoms. The summed E-state index contributed by atoms with van der Waals surface area (Å²) < 4.78 is 0. The van der Waals surface area contributed by atoms with E-state index in [1.165, 1.54) is 0 Å². The number of hydroxylamine groups is 1. The molecule has 82 valence electrons. The van der Waals surface area contributed by atoms with E-state index in [0.717, 1.165) is 5.56 Å². The summed E-state index contributed by atoms with van der Waals surface area (Å²) >= 11 is 0. The van der Waals surface area contributed by atoms with Gasteiger partial charge < -0.3 is 10.8 Å². The van der Waals surface area contributed by atoms with Crippen LogP contribution in [0, 0.1) is 0 Å². The first-order valence-electron chi connectivity index (χ1n) is 4.56. The fourth-order valence-corrected chi connectivity index (χ4v) is 0.923. The Morgan fingerprint density at radius 2 is 2.13 bits per heavy atom. The maximum Gasteiger partial charge on any atom is 0.262 e. The van der Waals surface area contributed by atoms with Gasteiger partial charge in [-0.15, -0.1) is 0 Å². The third-order valence-corrected chi connectivity index (χ3v) is 1.79. The van der Waals surface area contributed by atoms with Crippen molar-refractivity contribution in [3.05, 3.63) is 35.9 Å². The number of aliphatic hydroxyl groups excluding tert-OH is 1. The van der Waals surface area contributed by atoms with Crippen molar-refractivity contribution >= 4 is 5.91 Å². The standard InChI is InChI=1S/C10H14N2O3/c11-9(6-13)10(14)12-15-7-8-4-2-1-3-5-8/h1-5,9,13H,6-7,11H2,(H,12,14)/t9-/m0/s1. The first kappa shape index (κ1) is 11.6. The summed E-state index contributed by atoms with van der Waals surface area (Å²) in [5, 5.41) is 8.58. The highest BCUT2D eigenvalue weighted by molar-refractivity contribution is 5.80. The molecule has 1 amide bonds. The van der Waals surface area contributed by atoms with Crippen LogP contribution in [0.1, 0.15) is 5.56 Å². The Labute approximate surface area is 87.8 Å². The Kier molecular flexibility index (Phi) is 4.76. The van der Waals surface area contributed by atoms with Crippen LogP contribution in [0.5, 0.6) is 0 Å². The Morgan fingerprint density at radius 1 is 1.47 bits per heavy atom. The van der Waals surface area contributed by atoms with Gasteiger partial charge in [-0.2, -0.15) is 0 Å². The Hall–Kier alpha value is -1.43. The summed E-state index contributed by atoms with van der Waals surface area (Å²) in [7, 11) is 0. The molecule has 1 aromatic carbocycles. The van der Waals surface area contributed by atoms with Crippen molar-refractivity contribution in [3.8, 4) is 0 Å². The van der Waals surface area contributed by atoms with Gasteiger partial charge in [0.25, 0.3) is 5.91 Å². The third kappa shape index (κ3) is 4.07. The van der Waals surface area contributed by atoms with Gasteiger partial charge in [-0.1, -0.05) is 30.3 Å². The first-order chi connectivity index (χ1) is 7.24. The summed E-state index contributed by atoms with van der Waals surface area (Å²) in [4.78, 5) is 16.0. The molecule has 0 bridgehead atoms. The van der Waals surface area contributed by atoms with Gasteiger partial charge in [-0.3, -0.25) is 9.63 Å². The van der Waals surface area contributed by atoms with Crippen LogP contribution in [-0.4, -0.2) is 23.7 Å². The van der Waals surface area contributed by atoms with E-state index in [9.17, 15) is 4.79 Å². The molecule has 0 heterocycles. The zero-order valence-electron chi connectivity index (χ0n) is 8.22. The highest BCUT2D eigenvalue weighted by Crippen LogP contribution is 1.98. The number of aliphatic hydroxyl groups is 1. The van der Waals surface area contributed by atoms with Gasteiger partial charge in [-0.05, 0) is 5.56 Å². The normalized spacial score (nSPS) is 12.1. The average molecular weight is 210 g/mol. The minimum absolute atomic E-state index is 0.269. The van der Waals surface area contributed by atoms with Crippen LogP contribution in [0.25, 0.3) is 0 Å². The zero-order valence-corrected chi connectivity index (χ0v) is 8.22. The highest BCUT2D eigenvalue weighted by atomic mass is 16.6. The van der Waals surface area contributed by atoms with Crippen molar-refractivity contribution in [2.75, 3.05) is 6.61 Å². The quantitative estimate of drug-likeness (QED) is 0.575. The fourth-order valence-electron chi connectivity index (χ4n) is 0.923. The molecule has 0 aliphatic carbocycles. The molecule has 0 saturated heterocycles. The molecule has 0 saturated carbocycles. The molecular weight excluding hydrogens is 196 g/mol. The van der Waals surface area contributed by atoms with Crippen LogP contribution in [0.4, 0.5) is 0 Å². The van der Waals surface area contributed by atoms with Gasteiger partial charge in [0.15, 0.2) is 0 Å². The van der Waals surface area contributed by atoms with E-state index in [1.54, 1.807) is 0 Å². The Balaban J connectivity index is 2.25. The molecule has 0 unspecified atom stereocenters. The van der Waals surface area contributed by atoms with Crippen LogP contribution >= 0.6 is 0 Å². The molecule has 5 nitrogen and oxygen atoms in total. The highest BCUT2D eigenvalue weighted by Gasteiger charge is 2.11. The van der Waals surface area contributed by atoms with Crippen molar-refractivity contribution in [3.63, 3.8) is 0 Å². The number of hydrogen-bond donors (Lipinski definition) is 3. The van der Waals surface area contributed by atoms with E-state index >= 15 is 0 Å². The van der Waals surface area contributed by atoms with Crippen molar-refractivity contribution < 1.29 is 14.7 Å². The lowest BCUT2D eigenvalue weighted by Gasteiger charge is -2.09. The number of carbonyl (C=O) groups is 1. The molecule has 4 N–H and O–H groups in total. The van der Waals surface area contributed by atoms with E-state index in [0.29, 0.717) is 0 Å². The van der Waals surface area contributed by atoms with E-state index in [2.05, 4.69) is 5.48 Å². The molecule has 1 rings (SSSR count). The van der Waals surface area contributed by atoms with Crippen molar-refractivity contribution in [1.82, 2.24) is 5.48 Å². The number of carbonyl (C=O) groups excluding carboxylic acids is 1. The van der Waals surface area contributed by atoms with Gasteiger partial charge >= 0.3 is 0 Å². The Morgan fingerprint density at radius 3 is 2.73 bits per heavy atom. The average Bonchev–Trinajstić information content (AvgIpc) is 2.29. The molecule has 0 aliphatic heterocycles. The van der Waals surface area contributed by atoms with Crippen LogP contribution in [0.3, 0.4) is 0 Å². The molecule has 0 aromatic heterocycles. The lowest BCUT2D eigenvalue weighted by Crippen LogP contribution is -2.42. The maximum atomic E-state index is 11.0. The van der Waals surface area contributed by atoms with E-state index in [-0.39, 0.29) is 6.61 Å². The summed E-state index contributed by atoms with van der Waals surface area (Å²) in [5.74, 6) is -0.534.